The number of rotatable bonds is 4. The van der Waals surface area contributed by atoms with Gasteiger partial charge in [-0.05, 0) is 42.5 Å². The van der Waals surface area contributed by atoms with Crippen LogP contribution in [-0.2, 0) is 0 Å². The fourth-order valence-electron chi connectivity index (χ4n) is 3.06. The smallest absolute Gasteiger partial charge is 0.405 e. The zero-order chi connectivity index (χ0) is 19.7. The third-order valence-corrected chi connectivity index (χ3v) is 4.35. The SMILES string of the molecule is Cc1cncc2cccc(C(=O)c3c(F)cc([C@H](C)NC(=O)O)cc3F)c12. The molecule has 138 valence electrons. The summed E-state index contributed by atoms with van der Waals surface area (Å²) in [6, 6.07) is 6.01. The van der Waals surface area contributed by atoms with Crippen LogP contribution in [0.2, 0.25) is 0 Å². The van der Waals surface area contributed by atoms with Crippen LogP contribution in [0, 0.1) is 18.6 Å². The van der Waals surface area contributed by atoms with Crippen molar-refractivity contribution in [3.05, 3.63) is 76.6 Å². The minimum atomic E-state index is -1.32. The van der Waals surface area contributed by atoms with Crippen molar-refractivity contribution in [1.82, 2.24) is 10.3 Å². The molecule has 7 heteroatoms. The number of fused-ring (bicyclic) bond motifs is 1. The van der Waals surface area contributed by atoms with Crippen molar-refractivity contribution in [2.24, 2.45) is 0 Å². The summed E-state index contributed by atoms with van der Waals surface area (Å²) >= 11 is 0. The lowest BCUT2D eigenvalue weighted by Gasteiger charge is -2.14. The van der Waals surface area contributed by atoms with E-state index in [1.165, 1.54) is 13.0 Å². The fraction of sp³-hybridized carbons (Fsp3) is 0.150. The summed E-state index contributed by atoms with van der Waals surface area (Å²) < 4.78 is 29.2. The molecule has 0 aliphatic heterocycles. The highest BCUT2D eigenvalue weighted by Crippen LogP contribution is 2.27. The normalized spacial score (nSPS) is 12.0. The van der Waals surface area contributed by atoms with Crippen molar-refractivity contribution in [1.29, 1.82) is 0 Å². The largest absolute Gasteiger partial charge is 0.465 e. The van der Waals surface area contributed by atoms with E-state index in [2.05, 4.69) is 10.3 Å². The van der Waals surface area contributed by atoms with Gasteiger partial charge in [-0.3, -0.25) is 9.78 Å². The maximum atomic E-state index is 14.6. The Bertz CT molecular complexity index is 1040. The van der Waals surface area contributed by atoms with Crippen molar-refractivity contribution >= 4 is 22.6 Å². The molecule has 3 rings (SSSR count). The molecular formula is C20H16F2N2O3. The van der Waals surface area contributed by atoms with Gasteiger partial charge in [0.15, 0.2) is 5.78 Å². The van der Waals surface area contributed by atoms with Gasteiger partial charge in [0.05, 0.1) is 11.6 Å². The number of pyridine rings is 1. The number of halogens is 2. The molecule has 0 unspecified atom stereocenters. The number of aromatic nitrogens is 1. The van der Waals surface area contributed by atoms with Gasteiger partial charge in [-0.25, -0.2) is 13.6 Å². The van der Waals surface area contributed by atoms with Crippen LogP contribution < -0.4 is 5.32 Å². The second-order valence-corrected chi connectivity index (χ2v) is 6.22. The first-order chi connectivity index (χ1) is 12.8. The Morgan fingerprint density at radius 2 is 1.81 bits per heavy atom. The highest BCUT2D eigenvalue weighted by atomic mass is 19.1. The average Bonchev–Trinajstić information content (AvgIpc) is 2.60. The van der Waals surface area contributed by atoms with Crippen LogP contribution in [-0.4, -0.2) is 22.0 Å². The number of carboxylic acid groups (broad SMARTS) is 1. The molecule has 0 aliphatic rings. The van der Waals surface area contributed by atoms with Gasteiger partial charge in [0.2, 0.25) is 0 Å². The van der Waals surface area contributed by atoms with Crippen LogP contribution in [0.15, 0.2) is 42.7 Å². The Morgan fingerprint density at radius 1 is 1.15 bits per heavy atom. The van der Waals surface area contributed by atoms with E-state index in [4.69, 9.17) is 5.11 Å². The second kappa shape index (κ2) is 7.11. The standard InChI is InChI=1S/C20H16F2N2O3/c1-10-8-23-9-12-4-3-5-14(17(10)12)19(25)18-15(21)6-13(7-16(18)22)11(2)24-20(26)27/h3-9,11,24H,1-2H3,(H,26,27)/t11-/m0/s1. The molecule has 0 saturated carbocycles. The maximum absolute atomic E-state index is 14.6. The van der Waals surface area contributed by atoms with Crippen molar-refractivity contribution in [2.45, 2.75) is 19.9 Å². The van der Waals surface area contributed by atoms with E-state index in [0.29, 0.717) is 16.3 Å². The van der Waals surface area contributed by atoms with E-state index in [0.717, 1.165) is 12.1 Å². The first kappa shape index (κ1) is 18.4. The van der Waals surface area contributed by atoms with Crippen molar-refractivity contribution in [3.63, 3.8) is 0 Å². The zero-order valence-corrected chi connectivity index (χ0v) is 14.6. The first-order valence-corrected chi connectivity index (χ1v) is 8.16. The van der Waals surface area contributed by atoms with E-state index in [1.807, 2.05) is 0 Å². The number of benzene rings is 2. The number of hydrogen-bond acceptors (Lipinski definition) is 3. The summed E-state index contributed by atoms with van der Waals surface area (Å²) in [4.78, 5) is 27.7. The number of nitrogens with zero attached hydrogens (tertiary/aromatic N) is 1. The van der Waals surface area contributed by atoms with Gasteiger partial charge < -0.3 is 10.4 Å². The highest BCUT2D eigenvalue weighted by molar-refractivity contribution is 6.17. The second-order valence-electron chi connectivity index (χ2n) is 6.22. The number of carbonyl (C=O) groups is 2. The predicted molar refractivity (Wildman–Crippen MR) is 95.8 cm³/mol. The number of nitrogens with one attached hydrogen (secondary N) is 1. The molecular weight excluding hydrogens is 354 g/mol. The molecule has 1 atom stereocenters. The third kappa shape index (κ3) is 3.48. The molecule has 2 aromatic carbocycles. The van der Waals surface area contributed by atoms with Gasteiger partial charge in [-0.15, -0.1) is 0 Å². The molecule has 27 heavy (non-hydrogen) atoms. The Morgan fingerprint density at radius 3 is 2.44 bits per heavy atom. The van der Waals surface area contributed by atoms with Crippen molar-refractivity contribution in [2.75, 3.05) is 0 Å². The molecule has 0 bridgehead atoms. The van der Waals surface area contributed by atoms with Crippen LogP contribution in [0.3, 0.4) is 0 Å². The van der Waals surface area contributed by atoms with Crippen LogP contribution in [0.25, 0.3) is 10.8 Å². The lowest BCUT2D eigenvalue weighted by atomic mass is 9.94. The van der Waals surface area contributed by atoms with Gasteiger partial charge in [-0.2, -0.15) is 0 Å². The van der Waals surface area contributed by atoms with E-state index in [1.54, 1.807) is 31.5 Å². The van der Waals surface area contributed by atoms with Crippen LogP contribution in [0.1, 0.15) is 40.0 Å². The summed E-state index contributed by atoms with van der Waals surface area (Å²) in [7, 11) is 0. The fourth-order valence-corrected chi connectivity index (χ4v) is 3.06. The van der Waals surface area contributed by atoms with E-state index in [9.17, 15) is 18.4 Å². The molecule has 1 amide bonds. The summed E-state index contributed by atoms with van der Waals surface area (Å²) in [6.45, 7) is 3.21. The van der Waals surface area contributed by atoms with Gasteiger partial charge >= 0.3 is 6.09 Å². The molecule has 1 heterocycles. The van der Waals surface area contributed by atoms with Gasteiger partial charge in [-0.1, -0.05) is 18.2 Å². The summed E-state index contributed by atoms with van der Waals surface area (Å²) in [5.41, 5.74) is 0.301. The number of ketones is 1. The topological polar surface area (TPSA) is 79.3 Å². The van der Waals surface area contributed by atoms with E-state index in [-0.39, 0.29) is 11.1 Å². The quantitative estimate of drug-likeness (QED) is 0.668. The lowest BCUT2D eigenvalue weighted by Crippen LogP contribution is -2.25. The molecule has 2 N–H and O–H groups in total. The minimum absolute atomic E-state index is 0.0854. The van der Waals surface area contributed by atoms with Gasteiger partial charge in [0, 0.05) is 23.3 Å². The van der Waals surface area contributed by atoms with Crippen LogP contribution >= 0.6 is 0 Å². The Kier molecular flexibility index (Phi) is 4.85. The summed E-state index contributed by atoms with van der Waals surface area (Å²) in [5, 5.41) is 12.1. The van der Waals surface area contributed by atoms with Crippen molar-refractivity contribution < 1.29 is 23.5 Å². The van der Waals surface area contributed by atoms with Gasteiger partial charge in [0.1, 0.15) is 11.6 Å². The van der Waals surface area contributed by atoms with Crippen molar-refractivity contribution in [3.8, 4) is 0 Å². The highest BCUT2D eigenvalue weighted by Gasteiger charge is 2.23. The molecule has 0 saturated heterocycles. The van der Waals surface area contributed by atoms with Crippen LogP contribution in [0.4, 0.5) is 13.6 Å². The molecule has 5 nitrogen and oxygen atoms in total. The molecule has 1 aromatic heterocycles. The molecule has 0 aliphatic carbocycles. The number of carbonyl (C=O) groups excluding carboxylic acids is 1. The number of aryl methyl sites for hydroxylation is 1. The lowest BCUT2D eigenvalue weighted by molar-refractivity contribution is 0.103. The van der Waals surface area contributed by atoms with Crippen LogP contribution in [0.5, 0.6) is 0 Å². The predicted octanol–water partition coefficient (Wildman–Crippen LogP) is 4.38. The Hall–Kier alpha value is -3.35. The number of hydrogen-bond donors (Lipinski definition) is 2. The monoisotopic (exact) mass is 370 g/mol. The average molecular weight is 370 g/mol. The maximum Gasteiger partial charge on any atom is 0.405 e. The molecule has 0 spiro atoms. The third-order valence-electron chi connectivity index (χ3n) is 4.35. The Labute approximate surface area is 153 Å². The first-order valence-electron chi connectivity index (χ1n) is 8.16. The van der Waals surface area contributed by atoms with E-state index >= 15 is 0 Å². The summed E-state index contributed by atoms with van der Waals surface area (Å²) in [5.74, 6) is -2.87. The van der Waals surface area contributed by atoms with Gasteiger partial charge in [0.25, 0.3) is 0 Å². The van der Waals surface area contributed by atoms with E-state index < -0.39 is 35.1 Å². The summed E-state index contributed by atoms with van der Waals surface area (Å²) in [6.07, 6.45) is 1.84. The molecule has 3 aromatic rings. The Balaban J connectivity index is 2.10. The molecule has 0 fully saturated rings. The number of amides is 1. The molecule has 0 radical (unpaired) electrons. The zero-order valence-electron chi connectivity index (χ0n) is 14.6. The minimum Gasteiger partial charge on any atom is -0.465 e.